The molecule has 1 heterocycles. The molecule has 0 aromatic heterocycles. The summed E-state index contributed by atoms with van der Waals surface area (Å²) in [6.07, 6.45) is -0.773. The molecule has 1 aliphatic rings. The largest absolute Gasteiger partial charge is 0.497 e. The Labute approximate surface area is 140 Å². The highest BCUT2D eigenvalue weighted by molar-refractivity contribution is 5.94. The number of carbonyl (C=O) groups excluding carboxylic acids is 2. The first-order chi connectivity index (χ1) is 11.7. The lowest BCUT2D eigenvalue weighted by Crippen LogP contribution is -2.34. The van der Waals surface area contributed by atoms with Gasteiger partial charge in [0.15, 0.2) is 0 Å². The number of para-hydroxylation sites is 1. The first kappa shape index (κ1) is 15.9. The molecular weight excluding hydrogens is 308 g/mol. The third kappa shape index (κ3) is 3.48. The van der Waals surface area contributed by atoms with E-state index in [-0.39, 0.29) is 18.6 Å². The van der Waals surface area contributed by atoms with Gasteiger partial charge in [0.05, 0.1) is 20.2 Å². The number of nitrogens with one attached hydrogen (secondary N) is 1. The molecule has 1 saturated heterocycles. The van der Waals surface area contributed by atoms with Crippen molar-refractivity contribution < 1.29 is 19.1 Å². The number of hydrogen-bond donors (Lipinski definition) is 1. The van der Waals surface area contributed by atoms with Gasteiger partial charge in [0.2, 0.25) is 0 Å². The number of hydrogen-bond acceptors (Lipinski definition) is 4. The van der Waals surface area contributed by atoms with Gasteiger partial charge in [0.25, 0.3) is 5.91 Å². The van der Waals surface area contributed by atoms with Crippen LogP contribution in [0.2, 0.25) is 0 Å². The Morgan fingerprint density at radius 1 is 1.21 bits per heavy atom. The van der Waals surface area contributed by atoms with E-state index < -0.39 is 6.09 Å². The number of amides is 2. The predicted octanol–water partition coefficient (Wildman–Crippen LogP) is 2.45. The number of ether oxygens (including phenoxy) is 2. The maximum atomic E-state index is 12.1. The van der Waals surface area contributed by atoms with E-state index in [9.17, 15) is 9.59 Å². The van der Waals surface area contributed by atoms with Crippen molar-refractivity contribution in [2.45, 2.75) is 6.10 Å². The number of cyclic esters (lactones) is 1. The summed E-state index contributed by atoms with van der Waals surface area (Å²) in [5.41, 5.74) is 1.31. The third-order valence-corrected chi connectivity index (χ3v) is 3.78. The summed E-state index contributed by atoms with van der Waals surface area (Å²) in [6, 6.07) is 16.1. The highest BCUT2D eigenvalue weighted by atomic mass is 16.6. The molecule has 2 aromatic carbocycles. The number of anilines is 1. The van der Waals surface area contributed by atoms with E-state index in [0.29, 0.717) is 17.9 Å². The zero-order chi connectivity index (χ0) is 16.9. The highest BCUT2D eigenvalue weighted by Crippen LogP contribution is 2.20. The molecule has 3 rings (SSSR count). The van der Waals surface area contributed by atoms with Crippen molar-refractivity contribution >= 4 is 17.7 Å². The zero-order valence-electron chi connectivity index (χ0n) is 13.3. The normalized spacial score (nSPS) is 16.6. The van der Waals surface area contributed by atoms with Gasteiger partial charge in [-0.3, -0.25) is 9.69 Å². The number of benzene rings is 2. The molecule has 6 heteroatoms. The van der Waals surface area contributed by atoms with Crippen molar-refractivity contribution in [1.82, 2.24) is 5.32 Å². The average Bonchev–Trinajstić information content (AvgIpc) is 3.01. The maximum Gasteiger partial charge on any atom is 0.414 e. The van der Waals surface area contributed by atoms with Gasteiger partial charge < -0.3 is 14.8 Å². The number of carbonyl (C=O) groups is 2. The van der Waals surface area contributed by atoms with Crippen LogP contribution in [-0.2, 0) is 4.74 Å². The fourth-order valence-corrected chi connectivity index (χ4v) is 2.50. The molecule has 1 atom stereocenters. The third-order valence-electron chi connectivity index (χ3n) is 3.78. The zero-order valence-corrected chi connectivity index (χ0v) is 13.3. The smallest absolute Gasteiger partial charge is 0.414 e. The Hall–Kier alpha value is -3.02. The van der Waals surface area contributed by atoms with Crippen molar-refractivity contribution in [3.63, 3.8) is 0 Å². The lowest BCUT2D eigenvalue weighted by Gasteiger charge is -2.12. The second kappa shape index (κ2) is 7.04. The molecule has 0 spiro atoms. The van der Waals surface area contributed by atoms with Gasteiger partial charge in [-0.1, -0.05) is 18.2 Å². The Morgan fingerprint density at radius 2 is 1.92 bits per heavy atom. The Bertz CT molecular complexity index is 716. The molecule has 0 saturated carbocycles. The fourth-order valence-electron chi connectivity index (χ4n) is 2.50. The van der Waals surface area contributed by atoms with Crippen LogP contribution in [0.25, 0.3) is 0 Å². The molecule has 0 bridgehead atoms. The SMILES string of the molecule is COc1ccc(C(=O)NCC2CN(c3ccccc3)C(=O)O2)cc1. The van der Waals surface area contributed by atoms with Gasteiger partial charge in [0.1, 0.15) is 11.9 Å². The maximum absolute atomic E-state index is 12.1. The van der Waals surface area contributed by atoms with Crippen LogP contribution in [0.4, 0.5) is 10.5 Å². The molecule has 1 aliphatic heterocycles. The average molecular weight is 326 g/mol. The Morgan fingerprint density at radius 3 is 2.58 bits per heavy atom. The molecule has 1 unspecified atom stereocenters. The quantitative estimate of drug-likeness (QED) is 0.916. The summed E-state index contributed by atoms with van der Waals surface area (Å²) in [6.45, 7) is 0.672. The van der Waals surface area contributed by atoms with E-state index in [1.165, 1.54) is 0 Å². The van der Waals surface area contributed by atoms with Gasteiger partial charge in [-0.15, -0.1) is 0 Å². The number of rotatable bonds is 5. The molecular formula is C18H18N2O4. The fraction of sp³-hybridized carbons (Fsp3) is 0.222. The Kier molecular flexibility index (Phi) is 4.65. The van der Waals surface area contributed by atoms with Crippen molar-refractivity contribution in [3.05, 3.63) is 60.2 Å². The molecule has 2 amide bonds. The molecule has 0 aliphatic carbocycles. The van der Waals surface area contributed by atoms with Crippen LogP contribution in [0.15, 0.2) is 54.6 Å². The van der Waals surface area contributed by atoms with Crippen LogP contribution in [0.3, 0.4) is 0 Å². The van der Waals surface area contributed by atoms with E-state index >= 15 is 0 Å². The van der Waals surface area contributed by atoms with Gasteiger partial charge in [-0.2, -0.15) is 0 Å². The molecule has 24 heavy (non-hydrogen) atoms. The minimum absolute atomic E-state index is 0.216. The van der Waals surface area contributed by atoms with Crippen LogP contribution < -0.4 is 15.0 Å². The molecule has 2 aromatic rings. The summed E-state index contributed by atoms with van der Waals surface area (Å²) in [5.74, 6) is 0.474. The minimum Gasteiger partial charge on any atom is -0.497 e. The lowest BCUT2D eigenvalue weighted by molar-refractivity contribution is 0.0916. The van der Waals surface area contributed by atoms with Crippen molar-refractivity contribution in [3.8, 4) is 5.75 Å². The van der Waals surface area contributed by atoms with Crippen molar-refractivity contribution in [2.75, 3.05) is 25.1 Å². The van der Waals surface area contributed by atoms with Crippen LogP contribution in [0.5, 0.6) is 5.75 Å². The van der Waals surface area contributed by atoms with E-state index in [4.69, 9.17) is 9.47 Å². The molecule has 0 radical (unpaired) electrons. The predicted molar refractivity (Wildman–Crippen MR) is 89.4 cm³/mol. The first-order valence-electron chi connectivity index (χ1n) is 7.63. The number of nitrogens with zero attached hydrogens (tertiary/aromatic N) is 1. The summed E-state index contributed by atoms with van der Waals surface area (Å²) >= 11 is 0. The molecule has 1 N–H and O–H groups in total. The topological polar surface area (TPSA) is 67.9 Å². The minimum atomic E-state index is -0.398. The molecule has 124 valence electrons. The summed E-state index contributed by atoms with van der Waals surface area (Å²) in [4.78, 5) is 25.6. The summed E-state index contributed by atoms with van der Waals surface area (Å²) in [5, 5.41) is 2.79. The second-order valence-corrected chi connectivity index (χ2v) is 5.39. The standard InChI is InChI=1S/C18H18N2O4/c1-23-15-9-7-13(8-10-15)17(21)19-11-16-12-20(18(22)24-16)14-5-3-2-4-6-14/h2-10,16H,11-12H2,1H3,(H,19,21). The van der Waals surface area contributed by atoms with Crippen LogP contribution in [0, 0.1) is 0 Å². The second-order valence-electron chi connectivity index (χ2n) is 5.39. The van der Waals surface area contributed by atoms with Gasteiger partial charge in [0, 0.05) is 11.3 Å². The Balaban J connectivity index is 1.55. The van der Waals surface area contributed by atoms with Gasteiger partial charge in [-0.05, 0) is 36.4 Å². The van der Waals surface area contributed by atoms with Gasteiger partial charge in [-0.25, -0.2) is 4.79 Å². The van der Waals surface area contributed by atoms with Crippen LogP contribution >= 0.6 is 0 Å². The number of methoxy groups -OCH3 is 1. The van der Waals surface area contributed by atoms with Crippen LogP contribution in [0.1, 0.15) is 10.4 Å². The first-order valence-corrected chi connectivity index (χ1v) is 7.63. The summed E-state index contributed by atoms with van der Waals surface area (Å²) in [7, 11) is 1.57. The van der Waals surface area contributed by atoms with E-state index in [2.05, 4.69) is 5.32 Å². The van der Waals surface area contributed by atoms with Crippen LogP contribution in [-0.4, -0.2) is 38.3 Å². The van der Waals surface area contributed by atoms with Gasteiger partial charge >= 0.3 is 6.09 Å². The van der Waals surface area contributed by atoms with Crippen molar-refractivity contribution in [1.29, 1.82) is 0 Å². The van der Waals surface area contributed by atoms with E-state index in [1.54, 1.807) is 36.3 Å². The summed E-state index contributed by atoms with van der Waals surface area (Å²) < 4.78 is 10.4. The van der Waals surface area contributed by atoms with E-state index in [1.807, 2.05) is 30.3 Å². The highest BCUT2D eigenvalue weighted by Gasteiger charge is 2.32. The lowest BCUT2D eigenvalue weighted by atomic mass is 10.2. The van der Waals surface area contributed by atoms with Crippen molar-refractivity contribution in [2.24, 2.45) is 0 Å². The monoisotopic (exact) mass is 326 g/mol. The molecule has 6 nitrogen and oxygen atoms in total. The van der Waals surface area contributed by atoms with E-state index in [0.717, 1.165) is 5.69 Å². The molecule has 1 fully saturated rings.